The molecule has 2 aromatic carbocycles. The van der Waals surface area contributed by atoms with E-state index < -0.39 is 10.0 Å². The molecule has 2 aromatic heterocycles. The second kappa shape index (κ2) is 10.3. The Balaban J connectivity index is 1.65. The van der Waals surface area contributed by atoms with Crippen LogP contribution < -0.4 is 15.8 Å². The van der Waals surface area contributed by atoms with Crippen LogP contribution >= 0.6 is 11.3 Å². The first-order valence-electron chi connectivity index (χ1n) is 10.4. The summed E-state index contributed by atoms with van der Waals surface area (Å²) in [6, 6.07) is 16.6. The maximum Gasteiger partial charge on any atom is 0.238 e. The van der Waals surface area contributed by atoms with Crippen molar-refractivity contribution in [2.24, 2.45) is 5.14 Å². The first-order valence-corrected chi connectivity index (χ1v) is 12.8. The maximum atomic E-state index is 11.5. The Labute approximate surface area is 196 Å². The van der Waals surface area contributed by atoms with Crippen molar-refractivity contribution in [2.45, 2.75) is 17.9 Å². The van der Waals surface area contributed by atoms with Crippen molar-refractivity contribution in [1.29, 1.82) is 0 Å². The molecule has 0 aliphatic carbocycles. The molecule has 0 bridgehead atoms. The lowest BCUT2D eigenvalue weighted by atomic mass is 10.1. The first kappa shape index (κ1) is 23.1. The van der Waals surface area contributed by atoms with Gasteiger partial charge in [-0.15, -0.1) is 11.3 Å². The molecule has 4 rings (SSSR count). The number of hydrogen-bond acceptors (Lipinski definition) is 8. The van der Waals surface area contributed by atoms with Crippen LogP contribution in [0.3, 0.4) is 0 Å². The maximum absolute atomic E-state index is 11.5. The molecule has 4 N–H and O–H groups in total. The van der Waals surface area contributed by atoms with E-state index in [9.17, 15) is 8.42 Å². The number of hydrogen-bond donors (Lipinski definition) is 3. The molecule has 0 aliphatic heterocycles. The second-order valence-corrected chi connectivity index (χ2v) is 9.83. The van der Waals surface area contributed by atoms with E-state index in [-0.39, 0.29) is 4.90 Å². The minimum absolute atomic E-state index is 0.0856. The highest BCUT2D eigenvalue weighted by atomic mass is 32.2. The van der Waals surface area contributed by atoms with Gasteiger partial charge in [0.25, 0.3) is 0 Å². The van der Waals surface area contributed by atoms with E-state index in [4.69, 9.17) is 19.8 Å². The molecule has 33 heavy (non-hydrogen) atoms. The predicted molar refractivity (Wildman–Crippen MR) is 133 cm³/mol. The van der Waals surface area contributed by atoms with Gasteiger partial charge in [0.2, 0.25) is 16.0 Å². The number of nitrogens with two attached hydrogens (primary N) is 1. The SMILES string of the molecule is COCCCNc1nc(NCc2ccc(S(N)(=O)=O)cc2)c2c(-c3ccccc3)csc2n1. The molecular formula is C23H25N5O3S2. The third-order valence-corrected chi connectivity index (χ3v) is 6.84. The zero-order valence-electron chi connectivity index (χ0n) is 18.1. The normalized spacial score (nSPS) is 11.6. The van der Waals surface area contributed by atoms with Crippen LogP contribution in [0.25, 0.3) is 21.3 Å². The monoisotopic (exact) mass is 483 g/mol. The van der Waals surface area contributed by atoms with Crippen LogP contribution in [0.5, 0.6) is 0 Å². The van der Waals surface area contributed by atoms with Gasteiger partial charge in [0.1, 0.15) is 10.6 Å². The molecule has 0 atom stereocenters. The Bertz CT molecular complexity index is 1320. The molecule has 2 heterocycles. The third-order valence-electron chi connectivity index (χ3n) is 5.04. The van der Waals surface area contributed by atoms with Gasteiger partial charge in [-0.2, -0.15) is 4.98 Å². The number of anilines is 2. The fraction of sp³-hybridized carbons (Fsp3) is 0.217. The Morgan fingerprint density at radius 1 is 1.03 bits per heavy atom. The number of primary sulfonamides is 1. The smallest absolute Gasteiger partial charge is 0.238 e. The topological polar surface area (TPSA) is 119 Å². The first-order chi connectivity index (χ1) is 16.0. The summed E-state index contributed by atoms with van der Waals surface area (Å²) in [5, 5.41) is 14.9. The minimum Gasteiger partial charge on any atom is -0.385 e. The molecule has 4 aromatic rings. The number of sulfonamides is 1. The van der Waals surface area contributed by atoms with Crippen LogP contribution in [-0.4, -0.2) is 38.6 Å². The quantitative estimate of drug-likeness (QED) is 0.291. The number of aromatic nitrogens is 2. The molecule has 0 saturated heterocycles. The zero-order chi connectivity index (χ0) is 23.3. The lowest BCUT2D eigenvalue weighted by molar-refractivity contribution is 0.197. The third kappa shape index (κ3) is 5.66. The van der Waals surface area contributed by atoms with Gasteiger partial charge in [-0.05, 0) is 29.7 Å². The van der Waals surface area contributed by atoms with Crippen LogP contribution in [0.2, 0.25) is 0 Å². The van der Waals surface area contributed by atoms with Crippen molar-refractivity contribution >= 4 is 43.3 Å². The summed E-state index contributed by atoms with van der Waals surface area (Å²) in [4.78, 5) is 10.4. The molecule has 8 nitrogen and oxygen atoms in total. The highest BCUT2D eigenvalue weighted by molar-refractivity contribution is 7.89. The average molecular weight is 484 g/mol. The van der Waals surface area contributed by atoms with Crippen LogP contribution in [0.4, 0.5) is 11.8 Å². The summed E-state index contributed by atoms with van der Waals surface area (Å²) >= 11 is 1.57. The zero-order valence-corrected chi connectivity index (χ0v) is 19.7. The van der Waals surface area contributed by atoms with E-state index >= 15 is 0 Å². The molecular weight excluding hydrogens is 458 g/mol. The summed E-state index contributed by atoms with van der Waals surface area (Å²) in [5.41, 5.74) is 3.06. The number of nitrogens with zero attached hydrogens (tertiary/aromatic N) is 2. The number of thiophene rings is 1. The fourth-order valence-corrected chi connectivity index (χ4v) is 4.84. The summed E-state index contributed by atoms with van der Waals surface area (Å²) in [6.07, 6.45) is 0.844. The van der Waals surface area contributed by atoms with Crippen molar-refractivity contribution in [1.82, 2.24) is 9.97 Å². The Morgan fingerprint density at radius 3 is 2.48 bits per heavy atom. The van der Waals surface area contributed by atoms with E-state index in [1.165, 1.54) is 12.1 Å². The fourth-order valence-electron chi connectivity index (χ4n) is 3.38. The van der Waals surface area contributed by atoms with Crippen molar-refractivity contribution in [3.63, 3.8) is 0 Å². The largest absolute Gasteiger partial charge is 0.385 e. The molecule has 0 radical (unpaired) electrons. The molecule has 0 amide bonds. The number of rotatable bonds is 10. The van der Waals surface area contributed by atoms with Crippen molar-refractivity contribution in [3.05, 3.63) is 65.5 Å². The minimum atomic E-state index is -3.72. The van der Waals surface area contributed by atoms with Gasteiger partial charge in [0, 0.05) is 37.7 Å². The Kier molecular flexibility index (Phi) is 7.19. The van der Waals surface area contributed by atoms with Gasteiger partial charge < -0.3 is 15.4 Å². The molecule has 0 spiro atoms. The number of nitrogens with one attached hydrogen (secondary N) is 2. The van der Waals surface area contributed by atoms with E-state index in [0.717, 1.165) is 33.3 Å². The standard InChI is InChI=1S/C23H25N5O3S2/c1-31-13-5-12-25-23-27-21(26-14-16-8-10-18(11-9-16)33(24,29)30)20-19(15-32-22(20)28-23)17-6-3-2-4-7-17/h2-4,6-11,15H,5,12-14H2,1H3,(H2,24,29,30)(H2,25,26,27,28). The molecule has 0 aliphatic rings. The molecule has 172 valence electrons. The number of fused-ring (bicyclic) bond motifs is 1. The van der Waals surface area contributed by atoms with E-state index in [1.807, 2.05) is 18.2 Å². The lowest BCUT2D eigenvalue weighted by Crippen LogP contribution is -2.12. The van der Waals surface area contributed by atoms with Crippen LogP contribution in [0.15, 0.2) is 64.9 Å². The van der Waals surface area contributed by atoms with Gasteiger partial charge in [0.05, 0.1) is 10.3 Å². The summed E-state index contributed by atoms with van der Waals surface area (Å²) in [7, 11) is -2.04. The van der Waals surface area contributed by atoms with E-state index in [0.29, 0.717) is 31.5 Å². The van der Waals surface area contributed by atoms with Crippen LogP contribution in [0.1, 0.15) is 12.0 Å². The highest BCUT2D eigenvalue weighted by Crippen LogP contribution is 2.37. The van der Waals surface area contributed by atoms with Gasteiger partial charge in [0.15, 0.2) is 0 Å². The molecule has 0 unspecified atom stereocenters. The second-order valence-electron chi connectivity index (χ2n) is 7.41. The molecule has 0 fully saturated rings. The van der Waals surface area contributed by atoms with Crippen molar-refractivity contribution in [2.75, 3.05) is 30.9 Å². The van der Waals surface area contributed by atoms with Crippen molar-refractivity contribution < 1.29 is 13.2 Å². The lowest BCUT2D eigenvalue weighted by Gasteiger charge is -2.12. The van der Waals surface area contributed by atoms with Gasteiger partial charge >= 0.3 is 0 Å². The van der Waals surface area contributed by atoms with Gasteiger partial charge in [-0.25, -0.2) is 18.5 Å². The summed E-state index contributed by atoms with van der Waals surface area (Å²) in [6.45, 7) is 1.82. The predicted octanol–water partition coefficient (Wildman–Crippen LogP) is 4.07. The number of methoxy groups -OCH3 is 1. The van der Waals surface area contributed by atoms with Gasteiger partial charge in [-0.1, -0.05) is 42.5 Å². The van der Waals surface area contributed by atoms with Gasteiger partial charge in [-0.3, -0.25) is 0 Å². The van der Waals surface area contributed by atoms with Crippen LogP contribution in [0, 0.1) is 0 Å². The summed E-state index contributed by atoms with van der Waals surface area (Å²) in [5.74, 6) is 1.26. The molecule has 0 saturated carbocycles. The van der Waals surface area contributed by atoms with Crippen molar-refractivity contribution in [3.8, 4) is 11.1 Å². The molecule has 10 heteroatoms. The average Bonchev–Trinajstić information content (AvgIpc) is 3.25. The summed E-state index contributed by atoms with van der Waals surface area (Å²) < 4.78 is 28.1. The Morgan fingerprint density at radius 2 is 1.79 bits per heavy atom. The Hall–Kier alpha value is -3.05. The van der Waals surface area contributed by atoms with E-state index in [1.54, 1.807) is 30.6 Å². The van der Waals surface area contributed by atoms with E-state index in [2.05, 4.69) is 28.1 Å². The number of ether oxygens (including phenoxy) is 1. The highest BCUT2D eigenvalue weighted by Gasteiger charge is 2.16. The van der Waals surface area contributed by atoms with Crippen LogP contribution in [-0.2, 0) is 21.3 Å². The number of benzene rings is 2.